The number of Topliss-reactive ketones (excluding diaryl/α,β-unsaturated/α-hetero) is 2. The van der Waals surface area contributed by atoms with Gasteiger partial charge in [-0.05, 0) is 13.3 Å². The van der Waals surface area contributed by atoms with E-state index < -0.39 is 11.9 Å². The molecule has 0 aromatic rings. The lowest BCUT2D eigenvalue weighted by molar-refractivity contribution is -0.144. The minimum atomic E-state index is -1.11. The number of rotatable bonds is 6. The van der Waals surface area contributed by atoms with E-state index in [-0.39, 0.29) is 24.4 Å². The Balaban J connectivity index is 4.32. The first-order valence-corrected chi connectivity index (χ1v) is 4.24. The fourth-order valence-corrected chi connectivity index (χ4v) is 1.08. The lowest BCUT2D eigenvalue weighted by Crippen LogP contribution is -2.24. The van der Waals surface area contributed by atoms with Crippen LogP contribution in [0.1, 0.15) is 33.1 Å². The molecule has 1 unspecified atom stereocenters. The van der Waals surface area contributed by atoms with E-state index in [2.05, 4.69) is 0 Å². The van der Waals surface area contributed by atoms with Crippen molar-refractivity contribution in [2.24, 2.45) is 5.92 Å². The predicted octanol–water partition coefficient (Wildman–Crippen LogP) is 1.04. The fourth-order valence-electron chi connectivity index (χ4n) is 1.08. The first kappa shape index (κ1) is 11.8. The van der Waals surface area contributed by atoms with E-state index in [1.807, 2.05) is 6.92 Å². The smallest absolute Gasteiger partial charge is 0.304 e. The minimum Gasteiger partial charge on any atom is -0.481 e. The zero-order valence-electron chi connectivity index (χ0n) is 7.87. The zero-order valence-corrected chi connectivity index (χ0v) is 7.87. The van der Waals surface area contributed by atoms with Gasteiger partial charge in [0.05, 0.1) is 12.3 Å². The molecule has 74 valence electrons. The van der Waals surface area contributed by atoms with E-state index in [4.69, 9.17) is 5.11 Å². The minimum absolute atomic E-state index is 0.266. The summed E-state index contributed by atoms with van der Waals surface area (Å²) in [4.78, 5) is 32.5. The van der Waals surface area contributed by atoms with Gasteiger partial charge in [0.15, 0.2) is 0 Å². The average Bonchev–Trinajstić information content (AvgIpc) is 1.99. The van der Waals surface area contributed by atoms with Crippen molar-refractivity contribution in [1.82, 2.24) is 0 Å². The number of carboxylic acid groups (broad SMARTS) is 1. The van der Waals surface area contributed by atoms with Crippen molar-refractivity contribution in [1.29, 1.82) is 0 Å². The molecule has 1 atom stereocenters. The van der Waals surface area contributed by atoms with Crippen LogP contribution in [0.5, 0.6) is 0 Å². The van der Waals surface area contributed by atoms with Gasteiger partial charge in [-0.2, -0.15) is 0 Å². The summed E-state index contributed by atoms with van der Waals surface area (Å²) >= 11 is 0. The first-order chi connectivity index (χ1) is 5.99. The van der Waals surface area contributed by atoms with Gasteiger partial charge in [0.2, 0.25) is 0 Å². The molecule has 0 saturated heterocycles. The molecule has 0 aliphatic rings. The van der Waals surface area contributed by atoms with Gasteiger partial charge in [0.1, 0.15) is 11.6 Å². The second-order valence-corrected chi connectivity index (χ2v) is 2.98. The van der Waals surface area contributed by atoms with Gasteiger partial charge < -0.3 is 5.11 Å². The molecule has 0 heterocycles. The van der Waals surface area contributed by atoms with Crippen LogP contribution in [-0.2, 0) is 14.4 Å². The third kappa shape index (κ3) is 4.40. The number of carbonyl (C=O) groups excluding carboxylic acids is 2. The highest BCUT2D eigenvalue weighted by Crippen LogP contribution is 2.10. The van der Waals surface area contributed by atoms with Crippen molar-refractivity contribution >= 4 is 17.5 Å². The van der Waals surface area contributed by atoms with E-state index in [1.54, 1.807) is 0 Å². The summed E-state index contributed by atoms with van der Waals surface area (Å²) in [5.41, 5.74) is 0. The van der Waals surface area contributed by atoms with Gasteiger partial charge in [-0.25, -0.2) is 0 Å². The Morgan fingerprint density at radius 1 is 1.31 bits per heavy atom. The van der Waals surface area contributed by atoms with Crippen LogP contribution in [0.15, 0.2) is 0 Å². The Bertz CT molecular complexity index is 220. The van der Waals surface area contributed by atoms with Crippen LogP contribution in [0.3, 0.4) is 0 Å². The molecule has 0 spiro atoms. The van der Waals surface area contributed by atoms with Crippen LogP contribution < -0.4 is 0 Å². The molecule has 0 aromatic carbocycles. The summed E-state index contributed by atoms with van der Waals surface area (Å²) in [6, 6.07) is 0. The van der Waals surface area contributed by atoms with Crippen LogP contribution in [0, 0.1) is 5.92 Å². The van der Waals surface area contributed by atoms with Crippen molar-refractivity contribution < 1.29 is 19.5 Å². The molecular formula is C9H14O4. The molecule has 0 rings (SSSR count). The molecule has 4 heteroatoms. The normalized spacial score (nSPS) is 12.2. The van der Waals surface area contributed by atoms with Crippen molar-refractivity contribution in [3.63, 3.8) is 0 Å². The van der Waals surface area contributed by atoms with Crippen LogP contribution in [0.25, 0.3) is 0 Å². The van der Waals surface area contributed by atoms with Crippen molar-refractivity contribution in [3.05, 3.63) is 0 Å². The molecule has 1 N–H and O–H groups in total. The molecule has 0 saturated carbocycles. The number of hydrogen-bond donors (Lipinski definition) is 1. The van der Waals surface area contributed by atoms with Gasteiger partial charge in [0.25, 0.3) is 0 Å². The third-order valence-electron chi connectivity index (χ3n) is 1.75. The topological polar surface area (TPSA) is 71.4 Å². The molecule has 0 aliphatic heterocycles. The molecule has 0 radical (unpaired) electrons. The Morgan fingerprint density at radius 3 is 2.15 bits per heavy atom. The van der Waals surface area contributed by atoms with Crippen LogP contribution in [-0.4, -0.2) is 22.6 Å². The molecule has 4 nitrogen and oxygen atoms in total. The van der Waals surface area contributed by atoms with Crippen molar-refractivity contribution in [3.8, 4) is 0 Å². The molecule has 0 amide bonds. The first-order valence-electron chi connectivity index (χ1n) is 4.24. The lowest BCUT2D eigenvalue weighted by atomic mass is 9.93. The van der Waals surface area contributed by atoms with Crippen LogP contribution in [0.4, 0.5) is 0 Å². The lowest BCUT2D eigenvalue weighted by Gasteiger charge is -2.08. The van der Waals surface area contributed by atoms with E-state index in [0.29, 0.717) is 6.42 Å². The second kappa shape index (κ2) is 5.45. The zero-order chi connectivity index (χ0) is 10.4. The highest BCUT2D eigenvalue weighted by Gasteiger charge is 2.24. The Kier molecular flexibility index (Phi) is 4.96. The fraction of sp³-hybridized carbons (Fsp3) is 0.667. The van der Waals surface area contributed by atoms with Gasteiger partial charge in [-0.1, -0.05) is 6.92 Å². The third-order valence-corrected chi connectivity index (χ3v) is 1.75. The summed E-state index contributed by atoms with van der Waals surface area (Å²) in [5.74, 6) is -2.68. The highest BCUT2D eigenvalue weighted by molar-refractivity contribution is 6.03. The molecule has 0 bridgehead atoms. The predicted molar refractivity (Wildman–Crippen MR) is 46.3 cm³/mol. The van der Waals surface area contributed by atoms with E-state index in [9.17, 15) is 14.4 Å². The van der Waals surface area contributed by atoms with E-state index >= 15 is 0 Å². The van der Waals surface area contributed by atoms with Crippen LogP contribution >= 0.6 is 0 Å². The number of hydrogen-bond acceptors (Lipinski definition) is 3. The highest BCUT2D eigenvalue weighted by atomic mass is 16.4. The molecule has 0 aliphatic carbocycles. The standard InChI is InChI=1S/C9H14O4/c1-3-4-8(11)7(6(2)10)5-9(12)13/h7H,3-5H2,1-2H3,(H,12,13). The van der Waals surface area contributed by atoms with Crippen molar-refractivity contribution in [2.45, 2.75) is 33.1 Å². The SMILES string of the molecule is CCCC(=O)C(CC(=O)O)C(C)=O. The number of carbonyl (C=O) groups is 3. The number of aliphatic carboxylic acids is 1. The van der Waals surface area contributed by atoms with E-state index in [1.165, 1.54) is 6.92 Å². The Hall–Kier alpha value is -1.19. The van der Waals surface area contributed by atoms with Gasteiger partial charge in [-0.3, -0.25) is 14.4 Å². The molecular weight excluding hydrogens is 172 g/mol. The van der Waals surface area contributed by atoms with Gasteiger partial charge in [0, 0.05) is 6.42 Å². The summed E-state index contributed by atoms with van der Waals surface area (Å²) in [6.07, 6.45) is 0.536. The number of ketones is 2. The Morgan fingerprint density at radius 2 is 1.85 bits per heavy atom. The summed E-state index contributed by atoms with van der Waals surface area (Å²) in [6.45, 7) is 3.07. The second-order valence-electron chi connectivity index (χ2n) is 2.98. The average molecular weight is 186 g/mol. The van der Waals surface area contributed by atoms with Gasteiger partial charge >= 0.3 is 5.97 Å². The molecule has 0 fully saturated rings. The monoisotopic (exact) mass is 186 g/mol. The summed E-state index contributed by atoms with van der Waals surface area (Å²) in [7, 11) is 0. The molecule has 13 heavy (non-hydrogen) atoms. The maximum Gasteiger partial charge on any atom is 0.304 e. The maximum absolute atomic E-state index is 11.2. The quantitative estimate of drug-likeness (QED) is 0.629. The van der Waals surface area contributed by atoms with E-state index in [0.717, 1.165) is 0 Å². The summed E-state index contributed by atoms with van der Waals surface area (Å²) in [5, 5.41) is 8.45. The molecule has 0 aromatic heterocycles. The maximum atomic E-state index is 11.2. The Labute approximate surface area is 76.9 Å². The van der Waals surface area contributed by atoms with Crippen molar-refractivity contribution in [2.75, 3.05) is 0 Å². The summed E-state index contributed by atoms with van der Waals surface area (Å²) < 4.78 is 0. The number of carboxylic acids is 1. The largest absolute Gasteiger partial charge is 0.481 e. The van der Waals surface area contributed by atoms with Gasteiger partial charge in [-0.15, -0.1) is 0 Å². The van der Waals surface area contributed by atoms with Crippen LogP contribution in [0.2, 0.25) is 0 Å².